The summed E-state index contributed by atoms with van der Waals surface area (Å²) >= 11 is 0. The summed E-state index contributed by atoms with van der Waals surface area (Å²) < 4.78 is 0. The molecule has 0 aromatic heterocycles. The average molecular weight is 206 g/mol. The zero-order valence-corrected chi connectivity index (χ0v) is 7.80. The van der Waals surface area contributed by atoms with Crippen molar-refractivity contribution in [2.24, 2.45) is 0 Å². The van der Waals surface area contributed by atoms with Crippen molar-refractivity contribution in [2.45, 2.75) is 0 Å². The fourth-order valence-electron chi connectivity index (χ4n) is 0.581. The summed E-state index contributed by atoms with van der Waals surface area (Å²) in [6.45, 7) is 0. The van der Waals surface area contributed by atoms with E-state index in [0.29, 0.717) is 5.56 Å². The van der Waals surface area contributed by atoms with Gasteiger partial charge in [0, 0.05) is 21.7 Å². The molecule has 1 rings (SSSR count). The summed E-state index contributed by atoms with van der Waals surface area (Å²) in [5, 5.41) is 8.38. The average Bonchev–Trinajstić information content (AvgIpc) is 1.90. The molecule has 0 saturated heterocycles. The molecular weight excluding hydrogens is 196 g/mol. The Morgan fingerprint density at radius 1 is 1.08 bits per heavy atom. The van der Waals surface area contributed by atoms with E-state index >= 15 is 0 Å². The van der Waals surface area contributed by atoms with Crippen molar-refractivity contribution in [3.05, 3.63) is 35.9 Å². The van der Waals surface area contributed by atoms with E-state index in [0.717, 1.165) is 0 Å². The molecule has 0 radical (unpaired) electrons. The smallest absolute Gasteiger partial charge is 0.335 e. The van der Waals surface area contributed by atoms with Crippen LogP contribution in [0.5, 0.6) is 0 Å². The second-order valence-electron chi connectivity index (χ2n) is 1.67. The number of benzene rings is 1. The fraction of sp³-hybridized carbons (Fsp3) is 0. The number of carboxylic acids is 1. The van der Waals surface area contributed by atoms with Crippen molar-refractivity contribution in [3.8, 4) is 0 Å². The van der Waals surface area contributed by atoms with Crippen LogP contribution in [-0.2, 0) is 21.7 Å². The van der Waals surface area contributed by atoms with Gasteiger partial charge < -0.3 is 16.1 Å². The number of hydrogen-bond donors (Lipinski definition) is 1. The molecule has 0 aliphatic rings. The van der Waals surface area contributed by atoms with E-state index < -0.39 is 5.97 Å². The number of hydrogen-bond acceptors (Lipinski definition) is 1. The predicted molar refractivity (Wildman–Crippen MR) is 40.6 cm³/mol. The van der Waals surface area contributed by atoms with Gasteiger partial charge in [0.25, 0.3) is 0 Å². The first-order valence-electron chi connectivity index (χ1n) is 2.59. The summed E-state index contributed by atoms with van der Waals surface area (Å²) in [6.07, 6.45) is 0. The van der Waals surface area contributed by atoms with Gasteiger partial charge in [-0.1, -0.05) is 18.2 Å². The molecule has 0 aliphatic carbocycles. The molecule has 5 heteroatoms. The molecule has 0 aliphatic heterocycles. The second kappa shape index (κ2) is 8.42. The van der Waals surface area contributed by atoms with Crippen LogP contribution in [0.25, 0.3) is 0 Å². The molecule has 0 atom stereocenters. The van der Waals surface area contributed by atoms with Gasteiger partial charge in [0.1, 0.15) is 0 Å². The zero-order chi connectivity index (χ0) is 6.69. The van der Waals surface area contributed by atoms with Crippen LogP contribution in [0.4, 0.5) is 0 Å². The molecule has 5 N–H and O–H groups in total. The van der Waals surface area contributed by atoms with Crippen LogP contribution in [0, 0.1) is 0 Å². The van der Waals surface area contributed by atoms with Gasteiger partial charge in [0.15, 0.2) is 0 Å². The topological polar surface area (TPSA) is 100 Å². The monoisotopic (exact) mass is 206 g/mol. The molecule has 0 saturated carbocycles. The molecule has 0 bridgehead atoms. The van der Waals surface area contributed by atoms with Crippen LogP contribution in [-0.4, -0.2) is 22.0 Å². The third-order valence-corrected chi connectivity index (χ3v) is 1.02. The minimum atomic E-state index is -0.879. The van der Waals surface area contributed by atoms with E-state index in [9.17, 15) is 4.79 Å². The molecular formula is C7H10O4Ti. The molecule has 0 amide bonds. The van der Waals surface area contributed by atoms with E-state index in [1.807, 2.05) is 0 Å². The third-order valence-electron chi connectivity index (χ3n) is 1.02. The van der Waals surface area contributed by atoms with Crippen LogP contribution >= 0.6 is 0 Å². The van der Waals surface area contributed by atoms with E-state index in [4.69, 9.17) is 5.11 Å². The van der Waals surface area contributed by atoms with Gasteiger partial charge in [-0.15, -0.1) is 0 Å². The van der Waals surface area contributed by atoms with E-state index in [-0.39, 0.29) is 32.7 Å². The third kappa shape index (κ3) is 5.04. The molecule has 1 aromatic carbocycles. The van der Waals surface area contributed by atoms with Crippen LogP contribution < -0.4 is 0 Å². The standard InChI is InChI=1S/C7H6O2.2H2O.Ti/c8-7(9)6-4-2-1-3-5-6;;;/h1-5H,(H,8,9);2*1H2;. The first-order chi connectivity index (χ1) is 4.30. The Labute approximate surface area is 84.7 Å². The van der Waals surface area contributed by atoms with E-state index in [2.05, 4.69) is 0 Å². The molecule has 0 unspecified atom stereocenters. The Morgan fingerprint density at radius 2 is 1.50 bits per heavy atom. The molecule has 66 valence electrons. The van der Waals surface area contributed by atoms with Gasteiger partial charge in [-0.05, 0) is 12.1 Å². The molecule has 0 spiro atoms. The Hall–Kier alpha value is -0.676. The van der Waals surface area contributed by atoms with Gasteiger partial charge in [-0.25, -0.2) is 4.79 Å². The molecule has 12 heavy (non-hydrogen) atoms. The Morgan fingerprint density at radius 3 is 1.75 bits per heavy atom. The minimum Gasteiger partial charge on any atom is -0.478 e. The van der Waals surface area contributed by atoms with Crippen molar-refractivity contribution in [1.82, 2.24) is 0 Å². The zero-order valence-electron chi connectivity index (χ0n) is 6.24. The van der Waals surface area contributed by atoms with Gasteiger partial charge >= 0.3 is 5.97 Å². The largest absolute Gasteiger partial charge is 0.478 e. The van der Waals surface area contributed by atoms with Crippen LogP contribution in [0.15, 0.2) is 30.3 Å². The van der Waals surface area contributed by atoms with Crippen molar-refractivity contribution < 1.29 is 42.6 Å². The van der Waals surface area contributed by atoms with Crippen molar-refractivity contribution >= 4 is 5.97 Å². The Bertz CT molecular complexity index is 212. The van der Waals surface area contributed by atoms with Crippen LogP contribution in [0.3, 0.4) is 0 Å². The number of carboxylic acid groups (broad SMARTS) is 1. The maximum atomic E-state index is 10.2. The van der Waals surface area contributed by atoms with Crippen LogP contribution in [0.2, 0.25) is 0 Å². The Kier molecular flexibility index (Phi) is 12.2. The summed E-state index contributed by atoms with van der Waals surface area (Å²) in [5.74, 6) is -0.879. The van der Waals surface area contributed by atoms with Crippen molar-refractivity contribution in [2.75, 3.05) is 0 Å². The normalized spacial score (nSPS) is 6.67. The summed E-state index contributed by atoms with van der Waals surface area (Å²) in [4.78, 5) is 10.2. The maximum absolute atomic E-state index is 10.2. The molecule has 0 heterocycles. The number of carbonyl (C=O) groups is 1. The summed E-state index contributed by atoms with van der Waals surface area (Å²) in [6, 6.07) is 8.30. The molecule has 4 nitrogen and oxygen atoms in total. The minimum absolute atomic E-state index is 0. The van der Waals surface area contributed by atoms with Crippen molar-refractivity contribution in [3.63, 3.8) is 0 Å². The molecule has 0 fully saturated rings. The van der Waals surface area contributed by atoms with Crippen LogP contribution in [0.1, 0.15) is 10.4 Å². The maximum Gasteiger partial charge on any atom is 0.335 e. The molecule has 1 aromatic rings. The van der Waals surface area contributed by atoms with Gasteiger partial charge in [0.05, 0.1) is 5.56 Å². The number of aromatic carboxylic acids is 1. The summed E-state index contributed by atoms with van der Waals surface area (Å²) in [7, 11) is 0. The van der Waals surface area contributed by atoms with Gasteiger partial charge in [0.2, 0.25) is 0 Å². The predicted octanol–water partition coefficient (Wildman–Crippen LogP) is -0.267. The number of rotatable bonds is 1. The van der Waals surface area contributed by atoms with E-state index in [1.165, 1.54) is 0 Å². The first-order valence-corrected chi connectivity index (χ1v) is 2.59. The second-order valence-corrected chi connectivity index (χ2v) is 1.67. The van der Waals surface area contributed by atoms with Gasteiger partial charge in [-0.3, -0.25) is 0 Å². The Balaban J connectivity index is -0.000000270. The fourth-order valence-corrected chi connectivity index (χ4v) is 0.581. The van der Waals surface area contributed by atoms with Gasteiger partial charge in [-0.2, -0.15) is 0 Å². The van der Waals surface area contributed by atoms with Crippen molar-refractivity contribution in [1.29, 1.82) is 0 Å². The first kappa shape index (κ1) is 17.4. The quantitative estimate of drug-likeness (QED) is 0.639. The SMILES string of the molecule is O.O.O=C(O)c1ccccc1.[Ti]. The summed E-state index contributed by atoms with van der Waals surface area (Å²) in [5.41, 5.74) is 0.331. The van der Waals surface area contributed by atoms with E-state index in [1.54, 1.807) is 30.3 Å².